The number of amides is 1. The minimum Gasteiger partial charge on any atom is -0.396 e. The molecule has 1 amide bonds. The third-order valence-corrected chi connectivity index (χ3v) is 4.35. The molecule has 0 bridgehead atoms. The molecule has 0 radical (unpaired) electrons. The first kappa shape index (κ1) is 20.9. The highest BCUT2D eigenvalue weighted by Gasteiger charge is 2.15. The maximum Gasteiger partial charge on any atom is 0.256 e. The second-order valence-electron chi connectivity index (χ2n) is 6.27. The van der Waals surface area contributed by atoms with Gasteiger partial charge in [-0.05, 0) is 36.1 Å². The molecule has 0 unspecified atom stereocenters. The fourth-order valence-corrected chi connectivity index (χ4v) is 2.88. The number of benzene rings is 1. The molecule has 30 heavy (non-hydrogen) atoms. The minimum atomic E-state index is -0.468. The zero-order chi connectivity index (χ0) is 21.3. The Bertz CT molecular complexity index is 1110. The van der Waals surface area contributed by atoms with E-state index in [-0.39, 0.29) is 44.3 Å². The smallest absolute Gasteiger partial charge is 0.256 e. The number of nitrogens with zero attached hydrogens (tertiary/aromatic N) is 7. The number of hydrogen-bond donors (Lipinski definition) is 2. The zero-order valence-corrected chi connectivity index (χ0v) is 15.9. The number of aliphatic hydroxyl groups is 1. The molecule has 0 aliphatic heterocycles. The standard InChI is InChI=1S/C19H19FN8O2/c20-15(13(7-9-29)6-8-25-27-21)10-28-12-24-16-17(22-11-23-18(16)28)26-19(30)14-4-2-1-3-5-14/h1-5,11-12,29H,6-10H2,(H,22,23,26,30)/b15-13-. The Balaban J connectivity index is 1.84. The van der Waals surface area contributed by atoms with Crippen LogP contribution < -0.4 is 5.32 Å². The van der Waals surface area contributed by atoms with Gasteiger partial charge < -0.3 is 15.0 Å². The molecule has 2 heterocycles. The predicted octanol–water partition coefficient (Wildman–Crippen LogP) is 3.39. The van der Waals surface area contributed by atoms with Crippen LogP contribution in [0.2, 0.25) is 0 Å². The van der Waals surface area contributed by atoms with Gasteiger partial charge in [0.2, 0.25) is 0 Å². The molecule has 2 aromatic heterocycles. The Morgan fingerprint density at radius 2 is 2.03 bits per heavy atom. The fourth-order valence-electron chi connectivity index (χ4n) is 2.88. The van der Waals surface area contributed by atoms with Crippen molar-refractivity contribution in [1.29, 1.82) is 0 Å². The molecule has 0 aliphatic carbocycles. The van der Waals surface area contributed by atoms with Gasteiger partial charge in [0.05, 0.1) is 12.9 Å². The number of allylic oxidation sites excluding steroid dienone is 1. The van der Waals surface area contributed by atoms with Gasteiger partial charge in [0, 0.05) is 23.6 Å². The van der Waals surface area contributed by atoms with Crippen molar-refractivity contribution in [3.63, 3.8) is 0 Å². The molecule has 0 atom stereocenters. The quantitative estimate of drug-likeness (QED) is 0.316. The van der Waals surface area contributed by atoms with E-state index in [4.69, 9.17) is 10.6 Å². The van der Waals surface area contributed by atoms with Crippen molar-refractivity contribution in [2.75, 3.05) is 18.5 Å². The van der Waals surface area contributed by atoms with E-state index in [1.165, 1.54) is 17.2 Å². The summed E-state index contributed by atoms with van der Waals surface area (Å²) in [6.45, 7) is -0.283. The van der Waals surface area contributed by atoms with Crippen LogP contribution in [0.3, 0.4) is 0 Å². The summed E-state index contributed by atoms with van der Waals surface area (Å²) >= 11 is 0. The van der Waals surface area contributed by atoms with Gasteiger partial charge in [0.25, 0.3) is 5.91 Å². The van der Waals surface area contributed by atoms with Crippen molar-refractivity contribution in [3.8, 4) is 0 Å². The highest BCUT2D eigenvalue weighted by Crippen LogP contribution is 2.22. The van der Waals surface area contributed by atoms with Crippen LogP contribution in [0.4, 0.5) is 10.2 Å². The number of nitrogens with one attached hydrogen (secondary N) is 1. The van der Waals surface area contributed by atoms with Crippen molar-refractivity contribution in [2.45, 2.75) is 19.4 Å². The van der Waals surface area contributed by atoms with Crippen LogP contribution in [0.1, 0.15) is 23.2 Å². The van der Waals surface area contributed by atoms with Gasteiger partial charge in [0.15, 0.2) is 17.0 Å². The number of aromatic nitrogens is 4. The molecule has 3 aromatic rings. The molecule has 1 aromatic carbocycles. The Labute approximate surface area is 170 Å². The average Bonchev–Trinajstić information content (AvgIpc) is 3.17. The average molecular weight is 410 g/mol. The van der Waals surface area contributed by atoms with E-state index < -0.39 is 5.83 Å². The predicted molar refractivity (Wildman–Crippen MR) is 108 cm³/mol. The maximum absolute atomic E-state index is 14.8. The Morgan fingerprint density at radius 3 is 2.77 bits per heavy atom. The first-order valence-corrected chi connectivity index (χ1v) is 9.14. The van der Waals surface area contributed by atoms with Crippen molar-refractivity contribution < 1.29 is 14.3 Å². The SMILES string of the molecule is [N-]=[N+]=NCC/C(CCO)=C(/F)Cn1cnc2c(NC(=O)c3ccccc3)ncnc21. The summed E-state index contributed by atoms with van der Waals surface area (Å²) in [7, 11) is 0. The number of azide groups is 1. The van der Waals surface area contributed by atoms with Crippen LogP contribution in [0.5, 0.6) is 0 Å². The van der Waals surface area contributed by atoms with Crippen LogP contribution >= 0.6 is 0 Å². The number of carbonyl (C=O) groups is 1. The van der Waals surface area contributed by atoms with Crippen LogP contribution in [0, 0.1) is 0 Å². The van der Waals surface area contributed by atoms with E-state index in [1.807, 2.05) is 0 Å². The summed E-state index contributed by atoms with van der Waals surface area (Å²) in [5, 5.41) is 15.3. The van der Waals surface area contributed by atoms with E-state index in [0.717, 1.165) is 0 Å². The van der Waals surface area contributed by atoms with Crippen LogP contribution in [0.25, 0.3) is 21.6 Å². The Hall–Kier alpha value is -3.82. The number of carbonyl (C=O) groups excluding carboxylic acids is 1. The molecule has 10 nitrogen and oxygen atoms in total. The fraction of sp³-hybridized carbons (Fsp3) is 0.263. The molecule has 0 spiro atoms. The molecule has 3 rings (SSSR count). The van der Waals surface area contributed by atoms with E-state index in [1.54, 1.807) is 30.3 Å². The van der Waals surface area contributed by atoms with Gasteiger partial charge in [0.1, 0.15) is 12.2 Å². The van der Waals surface area contributed by atoms with Gasteiger partial charge in [-0.15, -0.1) is 0 Å². The Morgan fingerprint density at radius 1 is 1.23 bits per heavy atom. The third kappa shape index (κ3) is 4.96. The lowest BCUT2D eigenvalue weighted by Crippen LogP contribution is -2.13. The van der Waals surface area contributed by atoms with Crippen LogP contribution in [-0.4, -0.2) is 43.7 Å². The largest absolute Gasteiger partial charge is 0.396 e. The van der Waals surface area contributed by atoms with Crippen LogP contribution in [0.15, 0.2) is 59.5 Å². The second kappa shape index (κ2) is 10.1. The molecular formula is C19H19FN8O2. The maximum atomic E-state index is 14.8. The van der Waals surface area contributed by atoms with Crippen LogP contribution in [-0.2, 0) is 6.54 Å². The summed E-state index contributed by atoms with van der Waals surface area (Å²) in [5.74, 6) is -0.597. The summed E-state index contributed by atoms with van der Waals surface area (Å²) in [4.78, 5) is 27.5. The van der Waals surface area contributed by atoms with E-state index >= 15 is 0 Å². The molecular weight excluding hydrogens is 391 g/mol. The summed E-state index contributed by atoms with van der Waals surface area (Å²) in [6.07, 6.45) is 3.00. The lowest BCUT2D eigenvalue weighted by Gasteiger charge is -2.09. The van der Waals surface area contributed by atoms with Gasteiger partial charge in [-0.2, -0.15) is 0 Å². The summed E-state index contributed by atoms with van der Waals surface area (Å²) in [5.41, 5.74) is 9.88. The molecule has 0 fully saturated rings. The normalized spacial score (nSPS) is 11.7. The molecule has 0 aliphatic rings. The lowest BCUT2D eigenvalue weighted by molar-refractivity contribution is 0.102. The highest BCUT2D eigenvalue weighted by molar-refractivity contribution is 6.06. The summed E-state index contributed by atoms with van der Waals surface area (Å²) in [6, 6.07) is 8.65. The number of anilines is 1. The third-order valence-electron chi connectivity index (χ3n) is 4.35. The van der Waals surface area contributed by atoms with Gasteiger partial charge in [-0.1, -0.05) is 23.3 Å². The Kier molecular flexibility index (Phi) is 7.04. The monoisotopic (exact) mass is 410 g/mol. The zero-order valence-electron chi connectivity index (χ0n) is 15.9. The molecule has 0 saturated carbocycles. The van der Waals surface area contributed by atoms with Gasteiger partial charge in [-0.25, -0.2) is 19.3 Å². The van der Waals surface area contributed by atoms with Crippen molar-refractivity contribution in [1.82, 2.24) is 19.5 Å². The van der Waals surface area contributed by atoms with E-state index in [2.05, 4.69) is 30.3 Å². The second-order valence-corrected chi connectivity index (χ2v) is 6.27. The van der Waals surface area contributed by atoms with Gasteiger partial charge in [-0.3, -0.25) is 4.79 Å². The first-order valence-electron chi connectivity index (χ1n) is 9.14. The topological polar surface area (TPSA) is 142 Å². The number of fused-ring (bicyclic) bond motifs is 1. The van der Waals surface area contributed by atoms with Crippen molar-refractivity contribution in [3.05, 3.63) is 70.4 Å². The highest BCUT2D eigenvalue weighted by atomic mass is 19.1. The van der Waals surface area contributed by atoms with E-state index in [9.17, 15) is 9.18 Å². The van der Waals surface area contributed by atoms with Gasteiger partial charge >= 0.3 is 0 Å². The number of halogens is 1. The lowest BCUT2D eigenvalue weighted by atomic mass is 10.1. The molecule has 11 heteroatoms. The first-order chi connectivity index (χ1) is 14.6. The number of rotatable bonds is 9. The molecule has 2 N–H and O–H groups in total. The summed E-state index contributed by atoms with van der Waals surface area (Å²) < 4.78 is 16.3. The number of hydrogen-bond acceptors (Lipinski definition) is 6. The molecule has 154 valence electrons. The minimum absolute atomic E-state index is 0.0990. The molecule has 0 saturated heterocycles. The van der Waals surface area contributed by atoms with E-state index in [0.29, 0.717) is 22.3 Å². The number of imidazole rings is 1. The van der Waals surface area contributed by atoms with Crippen molar-refractivity contribution in [2.24, 2.45) is 5.11 Å². The number of aliphatic hydroxyl groups excluding tert-OH is 1. The van der Waals surface area contributed by atoms with Crippen molar-refractivity contribution >= 4 is 22.9 Å².